The maximum atomic E-state index is 4.18. The van der Waals surface area contributed by atoms with Gasteiger partial charge in [0.2, 0.25) is 0 Å². The second kappa shape index (κ2) is 6.26. The number of hydrogen-bond donors (Lipinski definition) is 3. The SMILES string of the molecule is Cc1ccc(Nc2cc(NCCS)ncn2)cc1. The fourth-order valence-corrected chi connectivity index (χ4v) is 1.60. The Bertz CT molecular complexity index is 499. The van der Waals surface area contributed by atoms with Crippen LogP contribution in [0.15, 0.2) is 36.7 Å². The molecule has 2 rings (SSSR count). The van der Waals surface area contributed by atoms with Crippen molar-refractivity contribution in [3.63, 3.8) is 0 Å². The summed E-state index contributed by atoms with van der Waals surface area (Å²) in [7, 11) is 0. The van der Waals surface area contributed by atoms with Gasteiger partial charge < -0.3 is 10.6 Å². The Morgan fingerprint density at radius 2 is 1.83 bits per heavy atom. The number of rotatable bonds is 5. The average molecular weight is 260 g/mol. The smallest absolute Gasteiger partial charge is 0.135 e. The molecule has 2 N–H and O–H groups in total. The molecule has 0 saturated heterocycles. The molecule has 0 radical (unpaired) electrons. The van der Waals surface area contributed by atoms with Crippen LogP contribution in [0, 0.1) is 6.92 Å². The van der Waals surface area contributed by atoms with Crippen LogP contribution in [-0.2, 0) is 0 Å². The van der Waals surface area contributed by atoms with Crippen molar-refractivity contribution < 1.29 is 0 Å². The summed E-state index contributed by atoms with van der Waals surface area (Å²) < 4.78 is 0. The molecule has 0 spiro atoms. The fraction of sp³-hybridized carbons (Fsp3) is 0.231. The molecule has 0 atom stereocenters. The summed E-state index contributed by atoms with van der Waals surface area (Å²) in [6, 6.07) is 10.0. The lowest BCUT2D eigenvalue weighted by atomic mass is 10.2. The molecule has 2 aromatic rings. The van der Waals surface area contributed by atoms with Crippen LogP contribution in [0.4, 0.5) is 17.3 Å². The third-order valence-electron chi connectivity index (χ3n) is 2.41. The monoisotopic (exact) mass is 260 g/mol. The maximum absolute atomic E-state index is 4.18. The lowest BCUT2D eigenvalue weighted by Crippen LogP contribution is -2.05. The minimum atomic E-state index is 0.769. The van der Waals surface area contributed by atoms with Crippen LogP contribution in [0.25, 0.3) is 0 Å². The van der Waals surface area contributed by atoms with Gasteiger partial charge in [0.15, 0.2) is 0 Å². The molecule has 94 valence electrons. The van der Waals surface area contributed by atoms with Crippen molar-refractivity contribution in [2.24, 2.45) is 0 Å². The lowest BCUT2D eigenvalue weighted by Gasteiger charge is -2.08. The van der Waals surface area contributed by atoms with Crippen molar-refractivity contribution in [3.05, 3.63) is 42.2 Å². The van der Waals surface area contributed by atoms with Crippen LogP contribution in [0.3, 0.4) is 0 Å². The van der Waals surface area contributed by atoms with E-state index < -0.39 is 0 Å². The summed E-state index contributed by atoms with van der Waals surface area (Å²) in [5.41, 5.74) is 2.25. The molecule has 0 bridgehead atoms. The van der Waals surface area contributed by atoms with Gasteiger partial charge in [-0.3, -0.25) is 0 Å². The Kier molecular flexibility index (Phi) is 4.41. The van der Waals surface area contributed by atoms with Crippen molar-refractivity contribution in [2.45, 2.75) is 6.92 Å². The van der Waals surface area contributed by atoms with E-state index in [2.05, 4.69) is 52.3 Å². The van der Waals surface area contributed by atoms with E-state index >= 15 is 0 Å². The molecule has 0 unspecified atom stereocenters. The van der Waals surface area contributed by atoms with Crippen molar-refractivity contribution in [3.8, 4) is 0 Å². The summed E-state index contributed by atoms with van der Waals surface area (Å²) in [5, 5.41) is 6.40. The second-order valence-electron chi connectivity index (χ2n) is 3.93. The molecular weight excluding hydrogens is 244 g/mol. The van der Waals surface area contributed by atoms with Crippen molar-refractivity contribution in [1.82, 2.24) is 9.97 Å². The zero-order chi connectivity index (χ0) is 12.8. The molecule has 0 aliphatic carbocycles. The minimum absolute atomic E-state index is 0.769. The van der Waals surface area contributed by atoms with E-state index in [1.807, 2.05) is 18.2 Å². The molecule has 4 nitrogen and oxygen atoms in total. The Morgan fingerprint density at radius 1 is 1.11 bits per heavy atom. The summed E-state index contributed by atoms with van der Waals surface area (Å²) in [6.07, 6.45) is 1.54. The van der Waals surface area contributed by atoms with Crippen LogP contribution < -0.4 is 10.6 Å². The highest BCUT2D eigenvalue weighted by molar-refractivity contribution is 7.80. The third-order valence-corrected chi connectivity index (χ3v) is 2.63. The van der Waals surface area contributed by atoms with E-state index in [9.17, 15) is 0 Å². The van der Waals surface area contributed by atoms with E-state index in [4.69, 9.17) is 0 Å². The Hall–Kier alpha value is -1.75. The summed E-state index contributed by atoms with van der Waals surface area (Å²) in [6.45, 7) is 2.85. The van der Waals surface area contributed by atoms with Gasteiger partial charge in [-0.05, 0) is 19.1 Å². The first-order valence-corrected chi connectivity index (χ1v) is 6.41. The first-order valence-electron chi connectivity index (χ1n) is 5.78. The molecule has 0 aliphatic rings. The van der Waals surface area contributed by atoms with Crippen LogP contribution in [0.1, 0.15) is 5.56 Å². The van der Waals surface area contributed by atoms with Gasteiger partial charge in [0, 0.05) is 24.1 Å². The van der Waals surface area contributed by atoms with Gasteiger partial charge in [-0.25, -0.2) is 9.97 Å². The third kappa shape index (κ3) is 3.63. The lowest BCUT2D eigenvalue weighted by molar-refractivity contribution is 1.12. The van der Waals surface area contributed by atoms with Crippen molar-refractivity contribution in [1.29, 1.82) is 0 Å². The van der Waals surface area contributed by atoms with E-state index in [1.165, 1.54) is 11.9 Å². The highest BCUT2D eigenvalue weighted by Gasteiger charge is 1.98. The standard InChI is InChI=1S/C13H16N4S/c1-10-2-4-11(5-3-10)17-13-8-12(14-6-7-18)15-9-16-13/h2-5,8-9,18H,6-7H2,1H3,(H2,14,15,16,17). The number of benzene rings is 1. The Labute approximate surface area is 112 Å². The molecule has 5 heteroatoms. The van der Waals surface area contributed by atoms with Gasteiger partial charge >= 0.3 is 0 Å². The molecule has 0 aliphatic heterocycles. The van der Waals surface area contributed by atoms with E-state index in [0.29, 0.717) is 0 Å². The number of nitrogens with one attached hydrogen (secondary N) is 2. The molecule has 1 aromatic carbocycles. The first kappa shape index (κ1) is 12.7. The largest absolute Gasteiger partial charge is 0.369 e. The van der Waals surface area contributed by atoms with E-state index in [1.54, 1.807) is 0 Å². The first-order chi connectivity index (χ1) is 8.78. The van der Waals surface area contributed by atoms with Gasteiger partial charge in [-0.1, -0.05) is 17.7 Å². The van der Waals surface area contributed by atoms with Gasteiger partial charge in [0.05, 0.1) is 0 Å². The topological polar surface area (TPSA) is 49.8 Å². The minimum Gasteiger partial charge on any atom is -0.369 e. The number of aromatic nitrogens is 2. The normalized spacial score (nSPS) is 10.1. The molecule has 0 fully saturated rings. The van der Waals surface area contributed by atoms with Gasteiger partial charge in [0.25, 0.3) is 0 Å². The number of hydrogen-bond acceptors (Lipinski definition) is 5. The van der Waals surface area contributed by atoms with Crippen LogP contribution in [0.5, 0.6) is 0 Å². The molecular formula is C13H16N4S. The average Bonchev–Trinajstić information content (AvgIpc) is 2.40. The van der Waals surface area contributed by atoms with Crippen molar-refractivity contribution in [2.75, 3.05) is 22.9 Å². The highest BCUT2D eigenvalue weighted by Crippen LogP contribution is 2.16. The highest BCUT2D eigenvalue weighted by atomic mass is 32.1. The van der Waals surface area contributed by atoms with Gasteiger partial charge in [-0.2, -0.15) is 12.6 Å². The second-order valence-corrected chi connectivity index (χ2v) is 4.38. The van der Waals surface area contributed by atoms with Gasteiger partial charge in [0.1, 0.15) is 18.0 Å². The summed E-state index contributed by atoms with van der Waals surface area (Å²) in [4.78, 5) is 8.32. The van der Waals surface area contributed by atoms with E-state index in [-0.39, 0.29) is 0 Å². The fourth-order valence-electron chi connectivity index (χ4n) is 1.49. The Balaban J connectivity index is 2.06. The van der Waals surface area contributed by atoms with Crippen LogP contribution in [-0.4, -0.2) is 22.3 Å². The molecule has 18 heavy (non-hydrogen) atoms. The molecule has 0 saturated carbocycles. The quantitative estimate of drug-likeness (QED) is 0.724. The van der Waals surface area contributed by atoms with Gasteiger partial charge in [-0.15, -0.1) is 0 Å². The van der Waals surface area contributed by atoms with Crippen LogP contribution >= 0.6 is 12.6 Å². The molecule has 1 heterocycles. The van der Waals surface area contributed by atoms with Crippen LogP contribution in [0.2, 0.25) is 0 Å². The number of thiol groups is 1. The van der Waals surface area contributed by atoms with Crippen molar-refractivity contribution >= 4 is 30.0 Å². The zero-order valence-electron chi connectivity index (χ0n) is 10.2. The molecule has 1 aromatic heterocycles. The predicted octanol–water partition coefficient (Wildman–Crippen LogP) is 2.87. The number of nitrogens with zero attached hydrogens (tertiary/aromatic N) is 2. The molecule has 0 amide bonds. The number of anilines is 3. The maximum Gasteiger partial charge on any atom is 0.135 e. The Morgan fingerprint density at radius 3 is 2.56 bits per heavy atom. The van der Waals surface area contributed by atoms with E-state index in [0.717, 1.165) is 29.6 Å². The predicted molar refractivity (Wildman–Crippen MR) is 78.8 cm³/mol. The summed E-state index contributed by atoms with van der Waals surface area (Å²) >= 11 is 4.14. The zero-order valence-corrected chi connectivity index (χ0v) is 11.1. The summed E-state index contributed by atoms with van der Waals surface area (Å²) in [5.74, 6) is 2.34. The number of aryl methyl sites for hydroxylation is 1.